The van der Waals surface area contributed by atoms with Crippen molar-refractivity contribution in [3.8, 4) is 5.75 Å². The molecule has 3 rings (SSSR count). The van der Waals surface area contributed by atoms with Crippen LogP contribution < -0.4 is 15.0 Å². The van der Waals surface area contributed by atoms with E-state index in [9.17, 15) is 4.79 Å². The number of fused-ring (bicyclic) bond motifs is 1. The zero-order valence-electron chi connectivity index (χ0n) is 12.8. The fraction of sp³-hybridized carbons (Fsp3) is 0.250. The molecule has 6 heteroatoms. The van der Waals surface area contributed by atoms with Crippen molar-refractivity contribution in [1.82, 2.24) is 4.57 Å². The second-order valence-electron chi connectivity index (χ2n) is 5.07. The molecule has 0 fully saturated rings. The summed E-state index contributed by atoms with van der Waals surface area (Å²) in [5, 5.41) is 6.87. The Morgan fingerprint density at radius 1 is 1.45 bits per heavy atom. The number of aromatic amines is 1. The second-order valence-corrected chi connectivity index (χ2v) is 5.99. The van der Waals surface area contributed by atoms with Crippen molar-refractivity contribution in [1.29, 1.82) is 0 Å². The predicted octanol–water partition coefficient (Wildman–Crippen LogP) is 2.67. The maximum Gasteiger partial charge on any atom is 0.331 e. The minimum Gasteiger partial charge on any atom is -0.497 e. The van der Waals surface area contributed by atoms with Gasteiger partial charge in [0.1, 0.15) is 12.3 Å². The number of H-pyrrole nitrogens is 1. The maximum absolute atomic E-state index is 12.7. The quantitative estimate of drug-likeness (QED) is 0.736. The molecule has 0 aliphatic heterocycles. The van der Waals surface area contributed by atoms with Crippen molar-refractivity contribution >= 4 is 33.2 Å². The molecular formula is C16H18N3O2S+. The number of hydrogen-bond donors (Lipinski definition) is 1. The summed E-state index contributed by atoms with van der Waals surface area (Å²) in [7, 11) is 3.61. The Morgan fingerprint density at radius 3 is 2.95 bits per heavy atom. The van der Waals surface area contributed by atoms with E-state index in [1.165, 1.54) is 11.3 Å². The number of Topliss-reactive ketones (excluding diaryl/α,β-unsaturated/α-hetero) is 1. The second kappa shape index (κ2) is 5.81. The maximum atomic E-state index is 12.7. The van der Waals surface area contributed by atoms with Crippen LogP contribution in [-0.2, 0) is 7.05 Å². The normalized spacial score (nSPS) is 10.9. The fourth-order valence-electron chi connectivity index (χ4n) is 2.62. The van der Waals surface area contributed by atoms with E-state index in [2.05, 4.69) is 10.3 Å². The average molecular weight is 316 g/mol. The number of anilines is 1. The number of aryl methyl sites for hydroxylation is 1. The van der Waals surface area contributed by atoms with Gasteiger partial charge in [-0.3, -0.25) is 10.1 Å². The van der Waals surface area contributed by atoms with E-state index < -0.39 is 0 Å². The molecule has 0 spiro atoms. The third-order valence-corrected chi connectivity index (χ3v) is 4.63. The number of aromatic nitrogens is 2. The van der Waals surface area contributed by atoms with Gasteiger partial charge in [-0.25, -0.2) is 4.98 Å². The summed E-state index contributed by atoms with van der Waals surface area (Å²) >= 11 is 1.54. The summed E-state index contributed by atoms with van der Waals surface area (Å²) < 4.78 is 7.33. The molecule has 2 heterocycles. The van der Waals surface area contributed by atoms with Gasteiger partial charge in [-0.15, -0.1) is 0 Å². The summed E-state index contributed by atoms with van der Waals surface area (Å²) in [4.78, 5) is 15.7. The summed E-state index contributed by atoms with van der Waals surface area (Å²) in [5.74, 6) is 0.824. The number of ketones is 1. The Hall–Kier alpha value is -2.34. The number of carbonyl (C=O) groups excluding carboxylic acids is 1. The van der Waals surface area contributed by atoms with Crippen LogP contribution in [0.3, 0.4) is 0 Å². The largest absolute Gasteiger partial charge is 0.497 e. The first-order valence-electron chi connectivity index (χ1n) is 6.97. The van der Waals surface area contributed by atoms with Crippen molar-refractivity contribution in [3.05, 3.63) is 41.0 Å². The molecule has 0 bridgehead atoms. The molecule has 2 aromatic heterocycles. The lowest BCUT2D eigenvalue weighted by molar-refractivity contribution is -0.354. The van der Waals surface area contributed by atoms with Crippen LogP contribution in [0.25, 0.3) is 10.9 Å². The highest BCUT2D eigenvalue weighted by Crippen LogP contribution is 2.29. The number of nitrogens with zero attached hydrogens (tertiary/aromatic N) is 1. The first-order chi connectivity index (χ1) is 10.6. The standard InChI is InChI=1S/C16H17N3O2S/c1-10-15(14(20)9-18-16-17-6-7-22-16)12-8-11(21-3)4-5-13(12)19(10)2/h4-8H,9H2,1-3H3,(H,17,18)/p+1. The van der Waals surface area contributed by atoms with E-state index in [4.69, 9.17) is 4.74 Å². The highest BCUT2D eigenvalue weighted by Gasteiger charge is 2.20. The lowest BCUT2D eigenvalue weighted by Gasteiger charge is -2.01. The Kier molecular flexibility index (Phi) is 3.85. The molecule has 0 unspecified atom stereocenters. The molecule has 2 N–H and O–H groups in total. The van der Waals surface area contributed by atoms with E-state index in [1.54, 1.807) is 7.11 Å². The predicted molar refractivity (Wildman–Crippen MR) is 87.9 cm³/mol. The van der Waals surface area contributed by atoms with Crippen molar-refractivity contribution in [2.75, 3.05) is 19.0 Å². The van der Waals surface area contributed by atoms with Gasteiger partial charge in [-0.1, -0.05) is 11.3 Å². The highest BCUT2D eigenvalue weighted by atomic mass is 32.1. The number of nitrogens with one attached hydrogen (secondary N) is 2. The van der Waals surface area contributed by atoms with E-state index in [1.807, 2.05) is 48.3 Å². The van der Waals surface area contributed by atoms with Gasteiger partial charge >= 0.3 is 5.13 Å². The smallest absolute Gasteiger partial charge is 0.331 e. The number of carbonyl (C=O) groups is 1. The molecule has 5 nitrogen and oxygen atoms in total. The molecule has 0 atom stereocenters. The SMILES string of the molecule is COc1ccc2c(c1)c(C(=O)CNc1[nH+]ccs1)c(C)n2C. The molecule has 0 saturated carbocycles. The molecular weight excluding hydrogens is 298 g/mol. The molecule has 0 amide bonds. The van der Waals surface area contributed by atoms with Crippen LogP contribution in [0.2, 0.25) is 0 Å². The molecule has 0 radical (unpaired) electrons. The van der Waals surface area contributed by atoms with Crippen LogP contribution in [0.5, 0.6) is 5.75 Å². The molecule has 22 heavy (non-hydrogen) atoms. The number of hydrogen-bond acceptors (Lipinski definition) is 4. The van der Waals surface area contributed by atoms with Crippen molar-refractivity contribution in [2.45, 2.75) is 6.92 Å². The lowest BCUT2D eigenvalue weighted by Crippen LogP contribution is -2.18. The van der Waals surface area contributed by atoms with Crippen LogP contribution in [0.15, 0.2) is 29.8 Å². The summed E-state index contributed by atoms with van der Waals surface area (Å²) in [5.41, 5.74) is 2.75. The van der Waals surface area contributed by atoms with Gasteiger partial charge in [0, 0.05) is 29.0 Å². The van der Waals surface area contributed by atoms with Crippen LogP contribution in [0.1, 0.15) is 16.1 Å². The van der Waals surface area contributed by atoms with Gasteiger partial charge < -0.3 is 9.30 Å². The van der Waals surface area contributed by atoms with E-state index in [0.29, 0.717) is 0 Å². The van der Waals surface area contributed by atoms with Gasteiger partial charge in [0.15, 0.2) is 0 Å². The van der Waals surface area contributed by atoms with Crippen LogP contribution in [0, 0.1) is 6.92 Å². The van der Waals surface area contributed by atoms with Crippen molar-refractivity contribution in [2.24, 2.45) is 7.05 Å². The summed E-state index contributed by atoms with van der Waals surface area (Å²) in [6.07, 6.45) is 1.84. The monoisotopic (exact) mass is 316 g/mol. The van der Waals surface area contributed by atoms with Crippen LogP contribution >= 0.6 is 11.3 Å². The van der Waals surface area contributed by atoms with Gasteiger partial charge in [-0.2, -0.15) is 0 Å². The summed E-state index contributed by atoms with van der Waals surface area (Å²) in [6, 6.07) is 5.82. The van der Waals surface area contributed by atoms with Crippen molar-refractivity contribution < 1.29 is 14.5 Å². The average Bonchev–Trinajstić information content (AvgIpc) is 3.13. The molecule has 1 aromatic carbocycles. The van der Waals surface area contributed by atoms with Gasteiger partial charge in [0.25, 0.3) is 0 Å². The van der Waals surface area contributed by atoms with Gasteiger partial charge in [-0.05, 0) is 25.1 Å². The molecule has 0 saturated heterocycles. The minimum atomic E-state index is 0.0677. The number of methoxy groups -OCH3 is 1. The highest BCUT2D eigenvalue weighted by molar-refractivity contribution is 7.13. The third kappa shape index (κ3) is 2.46. The molecule has 0 aliphatic carbocycles. The number of rotatable bonds is 5. The van der Waals surface area contributed by atoms with Crippen LogP contribution in [-0.4, -0.2) is 24.0 Å². The summed E-state index contributed by atoms with van der Waals surface area (Å²) in [6.45, 7) is 2.23. The first-order valence-corrected chi connectivity index (χ1v) is 7.85. The molecule has 114 valence electrons. The van der Waals surface area contributed by atoms with Crippen molar-refractivity contribution in [3.63, 3.8) is 0 Å². The molecule has 3 aromatic rings. The number of benzene rings is 1. The van der Waals surface area contributed by atoms with E-state index in [-0.39, 0.29) is 12.3 Å². The Bertz CT molecular complexity index is 822. The molecule has 0 aliphatic rings. The topological polar surface area (TPSA) is 57.4 Å². The third-order valence-electron chi connectivity index (χ3n) is 3.86. The Morgan fingerprint density at radius 2 is 2.27 bits per heavy atom. The van der Waals surface area contributed by atoms with E-state index >= 15 is 0 Å². The van der Waals surface area contributed by atoms with Crippen LogP contribution in [0.4, 0.5) is 5.13 Å². The first kappa shape index (κ1) is 14.6. The lowest BCUT2D eigenvalue weighted by atomic mass is 10.1. The number of ether oxygens (including phenoxy) is 1. The number of thiazole rings is 1. The zero-order chi connectivity index (χ0) is 15.7. The Labute approximate surface area is 132 Å². The van der Waals surface area contributed by atoms with Gasteiger partial charge in [0.2, 0.25) is 5.78 Å². The fourth-order valence-corrected chi connectivity index (χ4v) is 3.18. The van der Waals surface area contributed by atoms with Gasteiger partial charge in [0.05, 0.1) is 18.9 Å². The van der Waals surface area contributed by atoms with E-state index in [0.717, 1.165) is 33.0 Å². The zero-order valence-corrected chi connectivity index (χ0v) is 13.6. The minimum absolute atomic E-state index is 0.0677. The Balaban J connectivity index is 1.97.